The van der Waals surface area contributed by atoms with Gasteiger partial charge >= 0.3 is 51.4 Å². The van der Waals surface area contributed by atoms with Crippen LogP contribution in [0.5, 0.6) is 0 Å². The van der Waals surface area contributed by atoms with E-state index in [1.807, 2.05) is 6.92 Å². The first-order valence-corrected chi connectivity index (χ1v) is 4.00. The molecule has 0 amide bonds. The third-order valence-corrected chi connectivity index (χ3v) is 1.29. The Morgan fingerprint density at radius 1 is 1.30 bits per heavy atom. The van der Waals surface area contributed by atoms with E-state index in [1.165, 1.54) is 0 Å². The minimum absolute atomic E-state index is 0. The molecule has 0 rings (SSSR count). The fraction of sp³-hybridized carbons (Fsp3) is 1.00. The molecule has 10 heavy (non-hydrogen) atoms. The number of unbranched alkanes of at least 4 members (excludes halogenated alkanes) is 2. The summed E-state index contributed by atoms with van der Waals surface area (Å²) in [6.45, 7) is 2.37. The van der Waals surface area contributed by atoms with Gasteiger partial charge in [-0.05, 0) is 6.42 Å². The van der Waals surface area contributed by atoms with Crippen LogP contribution >= 0.6 is 0 Å². The Morgan fingerprint density at radius 2 is 1.90 bits per heavy atom. The van der Waals surface area contributed by atoms with Crippen LogP contribution in [0.1, 0.15) is 26.2 Å². The Bertz CT molecular complexity index is 116. The first-order chi connectivity index (χ1) is 4.27. The molecular weight excluding hydrogens is 179 g/mol. The molecule has 0 unspecified atom stereocenters. The molecule has 0 aliphatic rings. The second-order valence-corrected chi connectivity index (χ2v) is 2.38. The summed E-state index contributed by atoms with van der Waals surface area (Å²) in [5.74, 6) is 0. The SMILES string of the molecule is CCCCCO[S-](=O)=O.[K+]. The summed E-state index contributed by atoms with van der Waals surface area (Å²) in [7, 11) is -2.32. The van der Waals surface area contributed by atoms with E-state index in [2.05, 4.69) is 4.18 Å². The van der Waals surface area contributed by atoms with Gasteiger partial charge < -0.3 is 12.6 Å². The van der Waals surface area contributed by atoms with Gasteiger partial charge in [-0.2, -0.15) is 0 Å². The fourth-order valence-electron chi connectivity index (χ4n) is 0.479. The van der Waals surface area contributed by atoms with E-state index in [1.54, 1.807) is 0 Å². The van der Waals surface area contributed by atoms with Crippen LogP contribution in [0.3, 0.4) is 0 Å². The maximum atomic E-state index is 9.74. The quantitative estimate of drug-likeness (QED) is 0.299. The molecule has 0 aromatic carbocycles. The molecule has 0 aromatic heterocycles. The van der Waals surface area contributed by atoms with Crippen molar-refractivity contribution in [2.45, 2.75) is 26.2 Å². The second-order valence-electron chi connectivity index (χ2n) is 1.73. The summed E-state index contributed by atoms with van der Waals surface area (Å²) in [6.07, 6.45) is 2.93. The van der Waals surface area contributed by atoms with Gasteiger partial charge in [0.1, 0.15) is 0 Å². The molecule has 0 bridgehead atoms. The molecule has 0 aromatic rings. The molecule has 0 N–H and O–H groups in total. The zero-order chi connectivity index (χ0) is 7.11. The van der Waals surface area contributed by atoms with Crippen molar-refractivity contribution in [3.05, 3.63) is 0 Å². The molecule has 0 saturated carbocycles. The van der Waals surface area contributed by atoms with Crippen LogP contribution < -0.4 is 51.4 Å². The van der Waals surface area contributed by atoms with Gasteiger partial charge in [-0.15, -0.1) is 0 Å². The number of hydrogen-bond acceptors (Lipinski definition) is 4. The minimum Gasteiger partial charge on any atom is -0.424 e. The molecule has 56 valence electrons. The van der Waals surface area contributed by atoms with Crippen LogP contribution in [-0.4, -0.2) is 6.61 Å². The Kier molecular flexibility index (Phi) is 14.9. The van der Waals surface area contributed by atoms with Gasteiger partial charge in [0.25, 0.3) is 0 Å². The average Bonchev–Trinajstić information content (AvgIpc) is 1.80. The maximum absolute atomic E-state index is 9.74. The van der Waals surface area contributed by atoms with Gasteiger partial charge in [0, 0.05) is 6.61 Å². The molecule has 0 saturated heterocycles. The number of hydrogen-bond donors (Lipinski definition) is 0. The normalized spacial score (nSPS) is 9.40. The molecule has 5 heteroatoms. The van der Waals surface area contributed by atoms with Crippen molar-refractivity contribution in [1.29, 1.82) is 0 Å². The smallest absolute Gasteiger partial charge is 0.424 e. The van der Waals surface area contributed by atoms with Crippen LogP contribution in [0.15, 0.2) is 0 Å². The monoisotopic (exact) mass is 190 g/mol. The molecule has 0 spiro atoms. The van der Waals surface area contributed by atoms with Crippen LogP contribution in [0.2, 0.25) is 0 Å². The minimum atomic E-state index is -2.32. The number of rotatable bonds is 5. The van der Waals surface area contributed by atoms with Crippen molar-refractivity contribution in [2.75, 3.05) is 6.61 Å². The summed E-state index contributed by atoms with van der Waals surface area (Å²) in [4.78, 5) is 0. The van der Waals surface area contributed by atoms with Gasteiger partial charge in [0.2, 0.25) is 0 Å². The van der Waals surface area contributed by atoms with Gasteiger partial charge in [-0.1, -0.05) is 19.8 Å². The van der Waals surface area contributed by atoms with E-state index in [-0.39, 0.29) is 51.4 Å². The predicted molar refractivity (Wildman–Crippen MR) is 34.2 cm³/mol. The summed E-state index contributed by atoms with van der Waals surface area (Å²) in [5, 5.41) is 0. The summed E-state index contributed by atoms with van der Waals surface area (Å²) in [6, 6.07) is 0. The van der Waals surface area contributed by atoms with Crippen LogP contribution in [0, 0.1) is 0 Å². The van der Waals surface area contributed by atoms with Crippen molar-refractivity contribution < 1.29 is 64.0 Å². The Balaban J connectivity index is 0. The fourth-order valence-corrected chi connectivity index (χ4v) is 0.733. The second kappa shape index (κ2) is 10.5. The third kappa shape index (κ3) is 12.2. The van der Waals surface area contributed by atoms with E-state index in [0.29, 0.717) is 6.61 Å². The van der Waals surface area contributed by atoms with Gasteiger partial charge in [0.05, 0.1) is 11.0 Å². The molecule has 0 fully saturated rings. The van der Waals surface area contributed by atoms with Gasteiger partial charge in [-0.3, -0.25) is 0 Å². The van der Waals surface area contributed by atoms with Gasteiger partial charge in [-0.25, -0.2) is 0 Å². The van der Waals surface area contributed by atoms with E-state index >= 15 is 0 Å². The summed E-state index contributed by atoms with van der Waals surface area (Å²) >= 11 is 0. The van der Waals surface area contributed by atoms with E-state index < -0.39 is 11.0 Å². The Labute approximate surface area is 106 Å². The predicted octanol–water partition coefficient (Wildman–Crippen LogP) is -1.58. The summed E-state index contributed by atoms with van der Waals surface area (Å²) < 4.78 is 23.7. The summed E-state index contributed by atoms with van der Waals surface area (Å²) in [5.41, 5.74) is 0. The van der Waals surface area contributed by atoms with Crippen molar-refractivity contribution >= 4 is 11.0 Å². The maximum Gasteiger partial charge on any atom is 1.00 e. The average molecular weight is 190 g/mol. The van der Waals surface area contributed by atoms with Crippen LogP contribution in [0.4, 0.5) is 0 Å². The van der Waals surface area contributed by atoms with Gasteiger partial charge in [0.15, 0.2) is 0 Å². The zero-order valence-corrected chi connectivity index (χ0v) is 10.4. The van der Waals surface area contributed by atoms with Crippen molar-refractivity contribution in [1.82, 2.24) is 0 Å². The molecule has 0 heterocycles. The first-order valence-electron chi connectivity index (χ1n) is 3.00. The molecule has 0 radical (unpaired) electrons. The largest absolute Gasteiger partial charge is 1.00 e. The molecule has 0 aliphatic heterocycles. The van der Waals surface area contributed by atoms with Crippen molar-refractivity contribution in [2.24, 2.45) is 0 Å². The van der Waals surface area contributed by atoms with E-state index in [9.17, 15) is 8.42 Å². The molecular formula is C5H11KO3S. The topological polar surface area (TPSA) is 43.4 Å². The Hall–Kier alpha value is 1.55. The zero-order valence-electron chi connectivity index (χ0n) is 6.46. The standard InChI is InChI=1S/C5H11O3S.K/c1-2-3-4-5-8-9(6)7;/h2-5H2,1H3;/q-1;+1. The van der Waals surface area contributed by atoms with Crippen LogP contribution in [-0.2, 0) is 23.6 Å². The van der Waals surface area contributed by atoms with E-state index in [4.69, 9.17) is 0 Å². The van der Waals surface area contributed by atoms with E-state index in [0.717, 1.165) is 19.3 Å². The molecule has 0 aliphatic carbocycles. The van der Waals surface area contributed by atoms with Crippen molar-refractivity contribution in [3.63, 3.8) is 0 Å². The van der Waals surface area contributed by atoms with Crippen LogP contribution in [0.25, 0.3) is 0 Å². The molecule has 0 atom stereocenters. The first kappa shape index (κ1) is 14.1. The Morgan fingerprint density at radius 3 is 2.30 bits per heavy atom. The van der Waals surface area contributed by atoms with Crippen molar-refractivity contribution in [3.8, 4) is 0 Å². The third-order valence-electron chi connectivity index (χ3n) is 0.927. The molecule has 3 nitrogen and oxygen atoms in total.